The number of hydrogen-bond donors (Lipinski definition) is 2. The van der Waals surface area contributed by atoms with Crippen LogP contribution in [0.2, 0.25) is 0 Å². The molecule has 178 valence electrons. The van der Waals surface area contributed by atoms with Gasteiger partial charge in [0.05, 0.1) is 25.6 Å². The van der Waals surface area contributed by atoms with Crippen LogP contribution in [0, 0.1) is 6.92 Å². The van der Waals surface area contributed by atoms with Gasteiger partial charge in [0.2, 0.25) is 11.8 Å². The summed E-state index contributed by atoms with van der Waals surface area (Å²) in [5.41, 5.74) is 2.07. The van der Waals surface area contributed by atoms with E-state index in [0.717, 1.165) is 5.56 Å². The van der Waals surface area contributed by atoms with Gasteiger partial charge in [0.1, 0.15) is 11.8 Å². The number of benzene rings is 2. The molecule has 35 heavy (non-hydrogen) atoms. The molecule has 2 heterocycles. The summed E-state index contributed by atoms with van der Waals surface area (Å²) in [7, 11) is 0. The van der Waals surface area contributed by atoms with E-state index in [1.807, 2.05) is 31.2 Å². The molecule has 0 aliphatic carbocycles. The van der Waals surface area contributed by atoms with E-state index < -0.39 is 17.9 Å². The van der Waals surface area contributed by atoms with E-state index in [0.29, 0.717) is 17.0 Å². The SMILES string of the molecule is Cc1cccc(N(C(=O)CNC(=O)c2ccco2)[C@H](C(=O)NCc2ccco2)c2ccccc2)c1. The van der Waals surface area contributed by atoms with Gasteiger partial charge in [0.15, 0.2) is 5.76 Å². The Morgan fingerprint density at radius 3 is 2.31 bits per heavy atom. The zero-order chi connectivity index (χ0) is 24.6. The van der Waals surface area contributed by atoms with Crippen LogP contribution in [0.25, 0.3) is 0 Å². The summed E-state index contributed by atoms with van der Waals surface area (Å²) in [6.07, 6.45) is 2.91. The molecule has 0 saturated heterocycles. The number of nitrogens with zero attached hydrogens (tertiary/aromatic N) is 1. The van der Waals surface area contributed by atoms with Crippen molar-refractivity contribution in [2.75, 3.05) is 11.4 Å². The standard InChI is InChI=1S/C27H25N3O5/c1-19-8-5-11-21(16-19)30(24(31)18-29-26(32)23-13-7-15-35-23)25(20-9-3-2-4-10-20)27(33)28-17-22-12-6-14-34-22/h2-16,25H,17-18H2,1H3,(H,28,33)(H,29,32)/t25-/m0/s1. The van der Waals surface area contributed by atoms with Gasteiger partial charge in [-0.05, 0) is 54.4 Å². The largest absolute Gasteiger partial charge is 0.467 e. The van der Waals surface area contributed by atoms with Crippen LogP contribution in [0.15, 0.2) is 100 Å². The maximum atomic E-state index is 13.6. The van der Waals surface area contributed by atoms with Crippen LogP contribution < -0.4 is 15.5 Å². The number of hydrogen-bond acceptors (Lipinski definition) is 5. The molecule has 0 aliphatic heterocycles. The van der Waals surface area contributed by atoms with E-state index in [1.165, 1.54) is 23.5 Å². The third kappa shape index (κ3) is 5.86. The van der Waals surface area contributed by atoms with E-state index in [4.69, 9.17) is 8.83 Å². The highest BCUT2D eigenvalue weighted by molar-refractivity contribution is 6.04. The highest BCUT2D eigenvalue weighted by atomic mass is 16.3. The lowest BCUT2D eigenvalue weighted by Gasteiger charge is -2.31. The van der Waals surface area contributed by atoms with Crippen molar-refractivity contribution < 1.29 is 23.2 Å². The number of nitrogens with one attached hydrogen (secondary N) is 2. The third-order valence-corrected chi connectivity index (χ3v) is 5.33. The molecule has 0 unspecified atom stereocenters. The summed E-state index contributed by atoms with van der Waals surface area (Å²) < 4.78 is 10.4. The van der Waals surface area contributed by atoms with Gasteiger partial charge in [-0.3, -0.25) is 19.3 Å². The second-order valence-electron chi connectivity index (χ2n) is 7.87. The van der Waals surface area contributed by atoms with Crippen molar-refractivity contribution in [2.45, 2.75) is 19.5 Å². The lowest BCUT2D eigenvalue weighted by Crippen LogP contribution is -2.47. The summed E-state index contributed by atoms with van der Waals surface area (Å²) in [6.45, 7) is 1.74. The van der Waals surface area contributed by atoms with Crippen molar-refractivity contribution in [3.63, 3.8) is 0 Å². The Bertz CT molecular complexity index is 1270. The first kappa shape index (κ1) is 23.6. The first-order valence-electron chi connectivity index (χ1n) is 11.1. The zero-order valence-electron chi connectivity index (χ0n) is 19.1. The summed E-state index contributed by atoms with van der Waals surface area (Å²) in [6, 6.07) is 21.9. The molecule has 4 rings (SSSR count). The van der Waals surface area contributed by atoms with Crippen LogP contribution in [0.5, 0.6) is 0 Å². The van der Waals surface area contributed by atoms with Crippen LogP contribution in [-0.4, -0.2) is 24.3 Å². The van der Waals surface area contributed by atoms with Crippen LogP contribution in [-0.2, 0) is 16.1 Å². The first-order chi connectivity index (χ1) is 17.0. The molecule has 0 aliphatic rings. The predicted octanol–water partition coefficient (Wildman–Crippen LogP) is 4.00. The second kappa shape index (κ2) is 11.0. The van der Waals surface area contributed by atoms with Crippen LogP contribution in [0.1, 0.15) is 33.5 Å². The van der Waals surface area contributed by atoms with Gasteiger partial charge >= 0.3 is 0 Å². The van der Waals surface area contributed by atoms with Crippen molar-refractivity contribution in [3.05, 3.63) is 114 Å². The Hall–Kier alpha value is -4.59. The Morgan fingerprint density at radius 2 is 1.63 bits per heavy atom. The zero-order valence-corrected chi connectivity index (χ0v) is 19.1. The van der Waals surface area contributed by atoms with E-state index in [-0.39, 0.29) is 24.8 Å². The molecule has 8 nitrogen and oxygen atoms in total. The maximum Gasteiger partial charge on any atom is 0.287 e. The number of furan rings is 2. The summed E-state index contributed by atoms with van der Waals surface area (Å²) >= 11 is 0. The Kier molecular flexibility index (Phi) is 7.42. The Balaban J connectivity index is 1.65. The number of rotatable bonds is 9. The Labute approximate surface area is 202 Å². The summed E-state index contributed by atoms with van der Waals surface area (Å²) in [4.78, 5) is 40.9. The molecule has 0 bridgehead atoms. The number of amides is 3. The summed E-state index contributed by atoms with van der Waals surface area (Å²) in [5, 5.41) is 5.44. The van der Waals surface area contributed by atoms with Gasteiger partial charge in [-0.25, -0.2) is 0 Å². The maximum absolute atomic E-state index is 13.6. The average molecular weight is 472 g/mol. The van der Waals surface area contributed by atoms with Crippen molar-refractivity contribution in [1.29, 1.82) is 0 Å². The van der Waals surface area contributed by atoms with Gasteiger partial charge in [0.25, 0.3) is 5.91 Å². The molecular weight excluding hydrogens is 446 g/mol. The molecule has 8 heteroatoms. The molecule has 0 spiro atoms. The minimum Gasteiger partial charge on any atom is -0.467 e. The van der Waals surface area contributed by atoms with Crippen molar-refractivity contribution >= 4 is 23.4 Å². The van der Waals surface area contributed by atoms with Crippen molar-refractivity contribution in [2.24, 2.45) is 0 Å². The number of carbonyl (C=O) groups excluding carboxylic acids is 3. The lowest BCUT2D eigenvalue weighted by atomic mass is 10.0. The molecule has 3 amide bonds. The predicted molar refractivity (Wildman–Crippen MR) is 129 cm³/mol. The van der Waals surface area contributed by atoms with E-state index in [2.05, 4.69) is 10.6 Å². The van der Waals surface area contributed by atoms with Crippen LogP contribution >= 0.6 is 0 Å². The fourth-order valence-corrected chi connectivity index (χ4v) is 3.69. The van der Waals surface area contributed by atoms with E-state index >= 15 is 0 Å². The van der Waals surface area contributed by atoms with Crippen molar-refractivity contribution in [3.8, 4) is 0 Å². The molecule has 0 radical (unpaired) electrons. The third-order valence-electron chi connectivity index (χ3n) is 5.33. The number of carbonyl (C=O) groups is 3. The average Bonchev–Trinajstić information content (AvgIpc) is 3.59. The van der Waals surface area contributed by atoms with E-state index in [9.17, 15) is 14.4 Å². The molecule has 0 saturated carbocycles. The fraction of sp³-hybridized carbons (Fsp3) is 0.148. The first-order valence-corrected chi connectivity index (χ1v) is 11.1. The van der Waals surface area contributed by atoms with Gasteiger partial charge in [-0.15, -0.1) is 0 Å². The molecule has 2 N–H and O–H groups in total. The minimum atomic E-state index is -0.985. The highest BCUT2D eigenvalue weighted by Gasteiger charge is 2.33. The van der Waals surface area contributed by atoms with Gasteiger partial charge in [-0.1, -0.05) is 42.5 Å². The second-order valence-corrected chi connectivity index (χ2v) is 7.87. The monoisotopic (exact) mass is 471 g/mol. The fourth-order valence-electron chi connectivity index (χ4n) is 3.69. The Morgan fingerprint density at radius 1 is 0.857 bits per heavy atom. The molecule has 2 aromatic heterocycles. The van der Waals surface area contributed by atoms with Crippen molar-refractivity contribution in [1.82, 2.24) is 10.6 Å². The highest BCUT2D eigenvalue weighted by Crippen LogP contribution is 2.29. The molecule has 4 aromatic rings. The normalized spacial score (nSPS) is 11.5. The molecule has 0 fully saturated rings. The topological polar surface area (TPSA) is 105 Å². The number of anilines is 1. The molecular formula is C27H25N3O5. The molecule has 2 aromatic carbocycles. The smallest absolute Gasteiger partial charge is 0.287 e. The van der Waals surface area contributed by atoms with E-state index in [1.54, 1.807) is 48.5 Å². The quantitative estimate of drug-likeness (QED) is 0.384. The van der Waals surface area contributed by atoms with Gasteiger partial charge < -0.3 is 19.5 Å². The van der Waals surface area contributed by atoms with Gasteiger partial charge in [0, 0.05) is 5.69 Å². The van der Waals surface area contributed by atoms with Crippen LogP contribution in [0.4, 0.5) is 5.69 Å². The number of aryl methyl sites for hydroxylation is 1. The molecule has 1 atom stereocenters. The lowest BCUT2D eigenvalue weighted by molar-refractivity contribution is -0.126. The van der Waals surface area contributed by atoms with Gasteiger partial charge in [-0.2, -0.15) is 0 Å². The summed E-state index contributed by atoms with van der Waals surface area (Å²) in [5.74, 6) is -0.691. The minimum absolute atomic E-state index is 0.0932. The van der Waals surface area contributed by atoms with Crippen LogP contribution in [0.3, 0.4) is 0 Å².